The third kappa shape index (κ3) is 2.57. The lowest BCUT2D eigenvalue weighted by Crippen LogP contribution is -2.15. The average molecular weight is 264 g/mol. The quantitative estimate of drug-likeness (QED) is 0.925. The first-order valence-electron chi connectivity index (χ1n) is 5.99. The van der Waals surface area contributed by atoms with E-state index in [1.165, 1.54) is 5.56 Å². The van der Waals surface area contributed by atoms with Gasteiger partial charge in [-0.3, -0.25) is 4.68 Å². The van der Waals surface area contributed by atoms with Gasteiger partial charge in [0, 0.05) is 19.5 Å². The van der Waals surface area contributed by atoms with Gasteiger partial charge in [-0.15, -0.1) is 0 Å². The van der Waals surface area contributed by atoms with Crippen LogP contribution >= 0.6 is 11.6 Å². The molecule has 96 valence electrons. The third-order valence-electron chi connectivity index (χ3n) is 3.18. The van der Waals surface area contributed by atoms with E-state index in [1.54, 1.807) is 0 Å². The van der Waals surface area contributed by atoms with Gasteiger partial charge in [0.05, 0.1) is 16.4 Å². The lowest BCUT2D eigenvalue weighted by Gasteiger charge is -2.13. The minimum absolute atomic E-state index is 0.0575. The van der Waals surface area contributed by atoms with E-state index < -0.39 is 0 Å². The van der Waals surface area contributed by atoms with E-state index in [0.717, 1.165) is 22.0 Å². The molecule has 0 bridgehead atoms. The molecule has 0 saturated carbocycles. The molecule has 0 fully saturated rings. The first-order valence-corrected chi connectivity index (χ1v) is 6.37. The average Bonchev–Trinajstić information content (AvgIpc) is 2.57. The van der Waals surface area contributed by atoms with Gasteiger partial charge in [-0.2, -0.15) is 5.10 Å². The smallest absolute Gasteiger partial charge is 0.0847 e. The van der Waals surface area contributed by atoms with Crippen molar-refractivity contribution in [2.24, 2.45) is 12.8 Å². The van der Waals surface area contributed by atoms with Gasteiger partial charge in [0.15, 0.2) is 0 Å². The number of aryl methyl sites for hydroxylation is 3. The first kappa shape index (κ1) is 13.1. The molecule has 1 heterocycles. The predicted octanol–water partition coefficient (Wildman–Crippen LogP) is 2.93. The van der Waals surface area contributed by atoms with Gasteiger partial charge in [-0.05, 0) is 19.4 Å². The van der Waals surface area contributed by atoms with Crippen molar-refractivity contribution in [2.45, 2.75) is 26.3 Å². The molecule has 0 saturated heterocycles. The molecule has 0 amide bonds. The zero-order chi connectivity index (χ0) is 13.3. The standard InChI is InChI=1S/C14H18ClN3/c1-9-4-6-11(7-5-9)12(16)8-13-14(15)10(2)17-18(13)3/h4-7,12H,8,16H2,1-3H3. The van der Waals surface area contributed by atoms with E-state index in [0.29, 0.717) is 6.42 Å². The van der Waals surface area contributed by atoms with Crippen molar-refractivity contribution in [3.05, 3.63) is 51.8 Å². The summed E-state index contributed by atoms with van der Waals surface area (Å²) >= 11 is 6.23. The summed E-state index contributed by atoms with van der Waals surface area (Å²) in [5, 5.41) is 5.02. The highest BCUT2D eigenvalue weighted by Gasteiger charge is 2.15. The Morgan fingerprint density at radius 2 is 1.89 bits per heavy atom. The van der Waals surface area contributed by atoms with Crippen molar-refractivity contribution in [1.29, 1.82) is 0 Å². The number of benzene rings is 1. The van der Waals surface area contributed by atoms with Crippen LogP contribution in [0.2, 0.25) is 5.02 Å². The van der Waals surface area contributed by atoms with Crippen molar-refractivity contribution in [3.8, 4) is 0 Å². The van der Waals surface area contributed by atoms with Gasteiger partial charge in [-0.25, -0.2) is 0 Å². The number of nitrogens with zero attached hydrogens (tertiary/aromatic N) is 2. The predicted molar refractivity (Wildman–Crippen MR) is 74.8 cm³/mol. The van der Waals surface area contributed by atoms with E-state index in [4.69, 9.17) is 17.3 Å². The van der Waals surface area contributed by atoms with Crippen LogP contribution in [-0.2, 0) is 13.5 Å². The second kappa shape index (κ2) is 5.12. The lowest BCUT2D eigenvalue weighted by atomic mass is 10.0. The van der Waals surface area contributed by atoms with Crippen LogP contribution in [0.1, 0.15) is 28.6 Å². The fourth-order valence-electron chi connectivity index (χ4n) is 2.04. The molecule has 4 heteroatoms. The molecule has 0 spiro atoms. The summed E-state index contributed by atoms with van der Waals surface area (Å²) < 4.78 is 1.81. The van der Waals surface area contributed by atoms with E-state index >= 15 is 0 Å². The zero-order valence-electron chi connectivity index (χ0n) is 10.9. The second-order valence-electron chi connectivity index (χ2n) is 4.69. The van der Waals surface area contributed by atoms with E-state index in [9.17, 15) is 0 Å². The topological polar surface area (TPSA) is 43.8 Å². The molecule has 2 aromatic rings. The van der Waals surface area contributed by atoms with E-state index in [1.807, 2.05) is 18.7 Å². The number of hydrogen-bond acceptors (Lipinski definition) is 2. The number of hydrogen-bond donors (Lipinski definition) is 1. The molecule has 0 aliphatic rings. The van der Waals surface area contributed by atoms with Crippen molar-refractivity contribution >= 4 is 11.6 Å². The van der Waals surface area contributed by atoms with Crippen molar-refractivity contribution in [1.82, 2.24) is 9.78 Å². The highest BCUT2D eigenvalue weighted by atomic mass is 35.5. The highest BCUT2D eigenvalue weighted by molar-refractivity contribution is 6.31. The molecule has 1 atom stereocenters. The lowest BCUT2D eigenvalue weighted by molar-refractivity contribution is 0.640. The van der Waals surface area contributed by atoms with Crippen LogP contribution in [0.4, 0.5) is 0 Å². The normalized spacial score (nSPS) is 12.7. The summed E-state index contributed by atoms with van der Waals surface area (Å²) in [7, 11) is 1.90. The summed E-state index contributed by atoms with van der Waals surface area (Å²) in [5.41, 5.74) is 10.4. The fourth-order valence-corrected chi connectivity index (χ4v) is 2.28. The molecule has 0 radical (unpaired) electrons. The molecule has 2 N–H and O–H groups in total. The van der Waals surface area contributed by atoms with Gasteiger partial charge < -0.3 is 5.73 Å². The SMILES string of the molecule is Cc1ccc(C(N)Cc2c(Cl)c(C)nn2C)cc1. The first-order chi connectivity index (χ1) is 8.49. The maximum Gasteiger partial charge on any atom is 0.0847 e. The molecule has 18 heavy (non-hydrogen) atoms. The Kier molecular flexibility index (Phi) is 3.73. The summed E-state index contributed by atoms with van der Waals surface area (Å²) in [6.07, 6.45) is 0.694. The Bertz CT molecular complexity index is 543. The van der Waals surface area contributed by atoms with Crippen molar-refractivity contribution in [2.75, 3.05) is 0 Å². The van der Waals surface area contributed by atoms with Crippen molar-refractivity contribution in [3.63, 3.8) is 0 Å². The van der Waals surface area contributed by atoms with Gasteiger partial charge in [-0.1, -0.05) is 41.4 Å². The number of rotatable bonds is 3. The van der Waals surface area contributed by atoms with Crippen LogP contribution in [0.3, 0.4) is 0 Å². The molecule has 0 aliphatic heterocycles. The molecule has 1 unspecified atom stereocenters. The molecule has 1 aromatic carbocycles. The van der Waals surface area contributed by atoms with E-state index in [2.05, 4.69) is 36.3 Å². The molecule has 3 nitrogen and oxygen atoms in total. The number of halogens is 1. The Morgan fingerprint density at radius 1 is 1.28 bits per heavy atom. The van der Waals surface area contributed by atoms with Gasteiger partial charge in [0.2, 0.25) is 0 Å². The summed E-state index contributed by atoms with van der Waals surface area (Å²) in [5.74, 6) is 0. The minimum Gasteiger partial charge on any atom is -0.324 e. The van der Waals surface area contributed by atoms with Gasteiger partial charge in [0.1, 0.15) is 0 Å². The monoisotopic (exact) mass is 263 g/mol. The van der Waals surface area contributed by atoms with Gasteiger partial charge >= 0.3 is 0 Å². The summed E-state index contributed by atoms with van der Waals surface area (Å²) in [4.78, 5) is 0. The Balaban J connectivity index is 2.21. The van der Waals surface area contributed by atoms with Crippen LogP contribution in [0, 0.1) is 13.8 Å². The van der Waals surface area contributed by atoms with Crippen LogP contribution < -0.4 is 5.73 Å². The Morgan fingerprint density at radius 3 is 2.39 bits per heavy atom. The summed E-state index contributed by atoms with van der Waals surface area (Å²) in [6.45, 7) is 3.97. The zero-order valence-corrected chi connectivity index (χ0v) is 11.7. The number of aromatic nitrogens is 2. The van der Waals surface area contributed by atoms with Crippen LogP contribution in [0.5, 0.6) is 0 Å². The molecular formula is C14H18ClN3. The van der Waals surface area contributed by atoms with Crippen LogP contribution in [0.15, 0.2) is 24.3 Å². The van der Waals surface area contributed by atoms with Crippen molar-refractivity contribution < 1.29 is 0 Å². The third-order valence-corrected chi connectivity index (χ3v) is 3.67. The molecule has 0 aliphatic carbocycles. The fraction of sp³-hybridized carbons (Fsp3) is 0.357. The van der Waals surface area contributed by atoms with Gasteiger partial charge in [0.25, 0.3) is 0 Å². The van der Waals surface area contributed by atoms with Crippen LogP contribution in [0.25, 0.3) is 0 Å². The second-order valence-corrected chi connectivity index (χ2v) is 5.07. The number of nitrogens with two attached hydrogens (primary N) is 1. The Labute approximate surface area is 113 Å². The van der Waals surface area contributed by atoms with Crippen LogP contribution in [-0.4, -0.2) is 9.78 Å². The highest BCUT2D eigenvalue weighted by Crippen LogP contribution is 2.24. The molecule has 2 rings (SSSR count). The summed E-state index contributed by atoms with van der Waals surface area (Å²) in [6, 6.07) is 8.23. The minimum atomic E-state index is -0.0575. The molecule has 1 aromatic heterocycles. The maximum atomic E-state index is 6.23. The Hall–Kier alpha value is -1.32. The largest absolute Gasteiger partial charge is 0.324 e. The van der Waals surface area contributed by atoms with E-state index in [-0.39, 0.29) is 6.04 Å². The molecular weight excluding hydrogens is 246 g/mol. The maximum absolute atomic E-state index is 6.23.